The second kappa shape index (κ2) is 14.7. The van der Waals surface area contributed by atoms with E-state index >= 15 is 0 Å². The summed E-state index contributed by atoms with van der Waals surface area (Å²) in [5.41, 5.74) is 16.5. The van der Waals surface area contributed by atoms with Crippen LogP contribution in [0.15, 0.2) is 231 Å². The highest BCUT2D eigenvalue weighted by Crippen LogP contribution is 2.43. The van der Waals surface area contributed by atoms with E-state index in [4.69, 9.17) is 9.97 Å². The maximum Gasteiger partial charge on any atom is 0.160 e. The molecule has 0 N–H and O–H groups in total. The molecular formula is C58H38N4. The molecule has 0 aliphatic rings. The van der Waals surface area contributed by atoms with Gasteiger partial charge in [0.05, 0.1) is 33.5 Å². The Bertz CT molecular complexity index is 3530. The Kier molecular flexibility index (Phi) is 8.46. The summed E-state index contributed by atoms with van der Waals surface area (Å²) in [6.07, 6.45) is 0. The summed E-state index contributed by atoms with van der Waals surface area (Å²) >= 11 is 0. The highest BCUT2D eigenvalue weighted by Gasteiger charge is 2.20. The maximum atomic E-state index is 5.14. The Morgan fingerprint density at radius 2 is 0.677 bits per heavy atom. The van der Waals surface area contributed by atoms with E-state index in [-0.39, 0.29) is 0 Å². The Balaban J connectivity index is 1.07. The molecule has 0 bridgehead atoms. The van der Waals surface area contributed by atoms with Crippen molar-refractivity contribution in [2.45, 2.75) is 0 Å². The summed E-state index contributed by atoms with van der Waals surface area (Å²) in [4.78, 5) is 10.2. The SMILES string of the molecule is c1ccc(-c2cc(-c3ccc(-c4cc5c(cc4-c4ccc6c(c4)c4ccccc4n6-c4ccccc4)c4ccccc4n5-c4ccccc4)cc3)nc(-c3ccccc3)n2)cc1. The predicted molar refractivity (Wildman–Crippen MR) is 258 cm³/mol. The van der Waals surface area contributed by atoms with Gasteiger partial charge in [0.1, 0.15) is 0 Å². The topological polar surface area (TPSA) is 35.6 Å². The van der Waals surface area contributed by atoms with Crippen LogP contribution in [0.4, 0.5) is 0 Å². The van der Waals surface area contributed by atoms with Gasteiger partial charge in [-0.2, -0.15) is 0 Å². The average molecular weight is 791 g/mol. The van der Waals surface area contributed by atoms with Crippen molar-refractivity contribution in [1.82, 2.24) is 19.1 Å². The van der Waals surface area contributed by atoms with E-state index in [0.29, 0.717) is 5.82 Å². The fraction of sp³-hybridized carbons (Fsp3) is 0. The van der Waals surface area contributed by atoms with Gasteiger partial charge in [-0.25, -0.2) is 9.97 Å². The Morgan fingerprint density at radius 1 is 0.258 bits per heavy atom. The molecule has 0 spiro atoms. The molecule has 0 fully saturated rings. The van der Waals surface area contributed by atoms with Gasteiger partial charge in [0.2, 0.25) is 0 Å². The van der Waals surface area contributed by atoms with Crippen molar-refractivity contribution in [3.05, 3.63) is 231 Å². The lowest BCUT2D eigenvalue weighted by Gasteiger charge is -2.15. The zero-order valence-electron chi connectivity index (χ0n) is 33.7. The summed E-state index contributed by atoms with van der Waals surface area (Å²) in [6.45, 7) is 0. The Labute approximate surface area is 359 Å². The molecule has 9 aromatic carbocycles. The van der Waals surface area contributed by atoms with Crippen molar-refractivity contribution in [2.75, 3.05) is 0 Å². The molecule has 62 heavy (non-hydrogen) atoms. The minimum atomic E-state index is 0.705. The summed E-state index contributed by atoms with van der Waals surface area (Å²) in [5, 5.41) is 4.90. The summed E-state index contributed by atoms with van der Waals surface area (Å²) < 4.78 is 4.78. The molecule has 0 saturated heterocycles. The Hall–Kier alpha value is -8.34. The fourth-order valence-corrected chi connectivity index (χ4v) is 9.23. The zero-order chi connectivity index (χ0) is 41.0. The van der Waals surface area contributed by atoms with Gasteiger partial charge in [-0.15, -0.1) is 0 Å². The molecule has 0 amide bonds. The molecule has 0 radical (unpaired) electrons. The number of nitrogens with zero attached hydrogens (tertiary/aromatic N) is 4. The first-order valence-electron chi connectivity index (χ1n) is 21.1. The predicted octanol–water partition coefficient (Wildman–Crippen LogP) is 15.0. The second-order valence-electron chi connectivity index (χ2n) is 15.8. The molecular weight excluding hydrogens is 753 g/mol. The molecule has 3 aromatic heterocycles. The van der Waals surface area contributed by atoms with Crippen LogP contribution in [0.2, 0.25) is 0 Å². The van der Waals surface area contributed by atoms with Crippen LogP contribution in [0.5, 0.6) is 0 Å². The molecule has 12 aromatic rings. The lowest BCUT2D eigenvalue weighted by atomic mass is 9.91. The number of hydrogen-bond donors (Lipinski definition) is 0. The second-order valence-corrected chi connectivity index (χ2v) is 15.8. The third-order valence-corrected chi connectivity index (χ3v) is 12.1. The van der Waals surface area contributed by atoms with Crippen LogP contribution in [-0.4, -0.2) is 19.1 Å². The third-order valence-electron chi connectivity index (χ3n) is 12.1. The highest BCUT2D eigenvalue weighted by molar-refractivity contribution is 6.14. The summed E-state index contributed by atoms with van der Waals surface area (Å²) in [6, 6.07) is 82.3. The lowest BCUT2D eigenvalue weighted by Crippen LogP contribution is -1.96. The molecule has 12 rings (SSSR count). The number of fused-ring (bicyclic) bond motifs is 6. The first kappa shape index (κ1) is 35.6. The van der Waals surface area contributed by atoms with Crippen LogP contribution < -0.4 is 0 Å². The van der Waals surface area contributed by atoms with Crippen molar-refractivity contribution in [3.63, 3.8) is 0 Å². The van der Waals surface area contributed by atoms with Gasteiger partial charge in [-0.1, -0.05) is 164 Å². The van der Waals surface area contributed by atoms with Gasteiger partial charge < -0.3 is 9.13 Å². The van der Waals surface area contributed by atoms with E-state index < -0.39 is 0 Å². The van der Waals surface area contributed by atoms with Crippen LogP contribution in [-0.2, 0) is 0 Å². The van der Waals surface area contributed by atoms with Gasteiger partial charge in [0, 0.05) is 49.6 Å². The molecule has 0 unspecified atom stereocenters. The zero-order valence-corrected chi connectivity index (χ0v) is 33.7. The minimum absolute atomic E-state index is 0.705. The van der Waals surface area contributed by atoms with E-state index in [0.717, 1.165) is 56.1 Å². The Morgan fingerprint density at radius 3 is 1.27 bits per heavy atom. The average Bonchev–Trinajstić information content (AvgIpc) is 3.86. The largest absolute Gasteiger partial charge is 0.309 e. The summed E-state index contributed by atoms with van der Waals surface area (Å²) in [5.74, 6) is 0.705. The standard InChI is InChI=1S/C58H38N4/c1-5-17-40(18-6-1)52-38-53(60-58(59-52)42-19-7-2-8-20-42)41-31-29-39(30-32-41)49-37-57-51(47-26-14-16-28-55(47)62(57)45-23-11-4-12-24-45)36-48(49)43-33-34-56-50(35-43)46-25-13-15-27-54(46)61(56)44-21-9-3-10-22-44/h1-38H. The smallest absolute Gasteiger partial charge is 0.160 e. The van der Waals surface area contributed by atoms with E-state index in [2.05, 4.69) is 215 Å². The first-order valence-corrected chi connectivity index (χ1v) is 21.1. The van der Waals surface area contributed by atoms with Gasteiger partial charge in [-0.05, 0) is 89.0 Å². The normalized spacial score (nSPS) is 11.5. The van der Waals surface area contributed by atoms with Crippen LogP contribution in [0, 0.1) is 0 Å². The first-order chi connectivity index (χ1) is 30.7. The van der Waals surface area contributed by atoms with Crippen LogP contribution in [0.3, 0.4) is 0 Å². The number of benzene rings is 9. The monoisotopic (exact) mass is 790 g/mol. The molecule has 0 saturated carbocycles. The van der Waals surface area contributed by atoms with Crippen molar-refractivity contribution in [3.8, 4) is 67.5 Å². The number of aromatic nitrogens is 4. The van der Waals surface area contributed by atoms with Crippen LogP contribution in [0.25, 0.3) is 111 Å². The van der Waals surface area contributed by atoms with Crippen molar-refractivity contribution in [2.24, 2.45) is 0 Å². The quantitative estimate of drug-likeness (QED) is 0.161. The highest BCUT2D eigenvalue weighted by atomic mass is 15.0. The van der Waals surface area contributed by atoms with Crippen molar-refractivity contribution in [1.29, 1.82) is 0 Å². The van der Waals surface area contributed by atoms with Crippen molar-refractivity contribution < 1.29 is 0 Å². The van der Waals surface area contributed by atoms with E-state index in [1.807, 2.05) is 24.3 Å². The fourth-order valence-electron chi connectivity index (χ4n) is 9.23. The van der Waals surface area contributed by atoms with Crippen molar-refractivity contribution >= 4 is 43.6 Å². The molecule has 0 aliphatic heterocycles. The van der Waals surface area contributed by atoms with Gasteiger partial charge in [-0.3, -0.25) is 0 Å². The van der Waals surface area contributed by atoms with Gasteiger partial charge >= 0.3 is 0 Å². The number of para-hydroxylation sites is 4. The van der Waals surface area contributed by atoms with E-state index in [1.54, 1.807) is 0 Å². The molecule has 0 aliphatic carbocycles. The molecule has 4 heteroatoms. The molecule has 3 heterocycles. The number of hydrogen-bond acceptors (Lipinski definition) is 2. The molecule has 0 atom stereocenters. The van der Waals surface area contributed by atoms with Gasteiger partial charge in [0.15, 0.2) is 5.82 Å². The van der Waals surface area contributed by atoms with Crippen LogP contribution >= 0.6 is 0 Å². The number of rotatable bonds is 7. The third kappa shape index (κ3) is 6.00. The van der Waals surface area contributed by atoms with E-state index in [1.165, 1.54) is 49.2 Å². The lowest BCUT2D eigenvalue weighted by molar-refractivity contribution is 1.18. The van der Waals surface area contributed by atoms with Crippen LogP contribution in [0.1, 0.15) is 0 Å². The maximum absolute atomic E-state index is 5.14. The van der Waals surface area contributed by atoms with E-state index in [9.17, 15) is 0 Å². The summed E-state index contributed by atoms with van der Waals surface area (Å²) in [7, 11) is 0. The molecule has 4 nitrogen and oxygen atoms in total. The minimum Gasteiger partial charge on any atom is -0.309 e. The van der Waals surface area contributed by atoms with Gasteiger partial charge in [0.25, 0.3) is 0 Å². The molecule has 290 valence electrons.